The largest absolute Gasteiger partial charge is 0.356 e. The summed E-state index contributed by atoms with van der Waals surface area (Å²) in [6.45, 7) is 3.48. The molecule has 0 radical (unpaired) electrons. The zero-order valence-corrected chi connectivity index (χ0v) is 22.2. The van der Waals surface area contributed by atoms with Crippen LogP contribution in [0.2, 0.25) is 0 Å². The van der Waals surface area contributed by atoms with E-state index in [0.717, 1.165) is 19.5 Å². The van der Waals surface area contributed by atoms with Crippen LogP contribution in [0.1, 0.15) is 50.5 Å². The average Bonchev–Trinajstić information content (AvgIpc) is 3.18. The molecule has 1 atom stereocenters. The maximum absolute atomic E-state index is 12.3. The number of amides is 2. The Labute approximate surface area is 215 Å². The maximum Gasteiger partial charge on any atom is 0.223 e. The molecule has 2 amide bonds. The van der Waals surface area contributed by atoms with Crippen molar-refractivity contribution in [1.82, 2.24) is 20.9 Å². The van der Waals surface area contributed by atoms with Gasteiger partial charge in [-0.25, -0.2) is 0 Å². The Morgan fingerprint density at radius 1 is 1.03 bits per heavy atom. The third-order valence-corrected chi connectivity index (χ3v) is 6.53. The minimum Gasteiger partial charge on any atom is -0.356 e. The van der Waals surface area contributed by atoms with Crippen molar-refractivity contribution in [2.24, 2.45) is 16.8 Å². The number of hydrogen-bond donors (Lipinski definition) is 3. The Balaban J connectivity index is 0.00000385. The molecular formula is C25H40IN5O2. The highest BCUT2D eigenvalue weighted by Crippen LogP contribution is 2.26. The van der Waals surface area contributed by atoms with E-state index in [1.807, 2.05) is 23.1 Å². The summed E-state index contributed by atoms with van der Waals surface area (Å²) in [6.07, 6.45) is 8.35. The second-order valence-electron chi connectivity index (χ2n) is 9.08. The summed E-state index contributed by atoms with van der Waals surface area (Å²) in [5.74, 6) is 1.94. The van der Waals surface area contributed by atoms with Gasteiger partial charge >= 0.3 is 0 Å². The fraction of sp³-hybridized carbons (Fsp3) is 0.640. The Hall–Kier alpha value is -1.84. The van der Waals surface area contributed by atoms with E-state index >= 15 is 0 Å². The fourth-order valence-corrected chi connectivity index (χ4v) is 4.69. The molecule has 7 nitrogen and oxygen atoms in total. The van der Waals surface area contributed by atoms with Gasteiger partial charge in [0.1, 0.15) is 0 Å². The molecule has 2 aliphatic rings. The maximum atomic E-state index is 12.3. The SMILES string of the molecule is CN=C(NCCNC(=O)CC1CCCCC1)NCC1CC(=O)N(CCc2ccccc2)C1.I. The molecule has 1 aliphatic carbocycles. The second kappa shape index (κ2) is 15.1. The molecule has 3 N–H and O–H groups in total. The molecule has 8 heteroatoms. The molecule has 1 aliphatic heterocycles. The summed E-state index contributed by atoms with van der Waals surface area (Å²) in [7, 11) is 1.74. The molecule has 0 aromatic heterocycles. The lowest BCUT2D eigenvalue weighted by Gasteiger charge is -2.21. The third kappa shape index (κ3) is 9.90. The first kappa shape index (κ1) is 27.4. The normalized spacial score (nSPS) is 19.2. The Morgan fingerprint density at radius 3 is 2.48 bits per heavy atom. The van der Waals surface area contributed by atoms with E-state index in [1.165, 1.54) is 37.7 Å². The van der Waals surface area contributed by atoms with Gasteiger partial charge < -0.3 is 20.9 Å². The summed E-state index contributed by atoms with van der Waals surface area (Å²) in [6, 6.07) is 10.3. The molecule has 3 rings (SSSR count). The van der Waals surface area contributed by atoms with Crippen molar-refractivity contribution in [2.75, 3.05) is 39.8 Å². The first-order chi connectivity index (χ1) is 15.6. The second-order valence-corrected chi connectivity index (χ2v) is 9.08. The van der Waals surface area contributed by atoms with Crippen LogP contribution in [-0.2, 0) is 16.0 Å². The van der Waals surface area contributed by atoms with Gasteiger partial charge in [0, 0.05) is 58.5 Å². The van der Waals surface area contributed by atoms with Crippen molar-refractivity contribution < 1.29 is 9.59 Å². The molecule has 1 heterocycles. The number of carbonyl (C=O) groups excluding carboxylic acids is 2. The highest BCUT2D eigenvalue weighted by Gasteiger charge is 2.29. The zero-order valence-electron chi connectivity index (χ0n) is 19.9. The summed E-state index contributed by atoms with van der Waals surface area (Å²) in [4.78, 5) is 30.7. The number of aliphatic imine (C=N–C) groups is 1. The quantitative estimate of drug-likeness (QED) is 0.175. The molecule has 1 aromatic rings. The van der Waals surface area contributed by atoms with Gasteiger partial charge in [-0.05, 0) is 30.7 Å². The van der Waals surface area contributed by atoms with Gasteiger partial charge in [-0.2, -0.15) is 0 Å². The van der Waals surface area contributed by atoms with Crippen LogP contribution < -0.4 is 16.0 Å². The molecule has 0 bridgehead atoms. The third-order valence-electron chi connectivity index (χ3n) is 6.53. The van der Waals surface area contributed by atoms with Gasteiger partial charge in [0.05, 0.1) is 0 Å². The van der Waals surface area contributed by atoms with E-state index in [4.69, 9.17) is 0 Å². The Morgan fingerprint density at radius 2 is 1.76 bits per heavy atom. The summed E-state index contributed by atoms with van der Waals surface area (Å²) in [5, 5.41) is 9.58. The first-order valence-corrected chi connectivity index (χ1v) is 12.2. The van der Waals surface area contributed by atoms with Gasteiger partial charge in [0.25, 0.3) is 0 Å². The molecule has 2 fully saturated rings. The zero-order chi connectivity index (χ0) is 22.6. The van der Waals surface area contributed by atoms with Crippen LogP contribution in [0.25, 0.3) is 0 Å². The molecule has 1 aromatic carbocycles. The van der Waals surface area contributed by atoms with E-state index in [2.05, 4.69) is 33.1 Å². The molecular weight excluding hydrogens is 529 g/mol. The highest BCUT2D eigenvalue weighted by molar-refractivity contribution is 14.0. The standard InChI is InChI=1S/C25H39N5O2.HI/c1-26-25(28-14-13-27-23(31)16-21-10-6-3-7-11-21)29-18-22-17-24(32)30(19-22)15-12-20-8-4-2-5-9-20;/h2,4-5,8-9,21-22H,3,6-7,10-19H2,1H3,(H,27,31)(H2,26,28,29);1H. The van der Waals surface area contributed by atoms with Crippen LogP contribution in [0.4, 0.5) is 0 Å². The number of likely N-dealkylation sites (tertiary alicyclic amines) is 1. The van der Waals surface area contributed by atoms with Gasteiger partial charge in [0.15, 0.2) is 5.96 Å². The number of hydrogen-bond acceptors (Lipinski definition) is 3. The number of nitrogens with zero attached hydrogens (tertiary/aromatic N) is 2. The fourth-order valence-electron chi connectivity index (χ4n) is 4.69. The van der Waals surface area contributed by atoms with E-state index in [-0.39, 0.29) is 41.7 Å². The van der Waals surface area contributed by atoms with Gasteiger partial charge in [-0.1, -0.05) is 49.6 Å². The first-order valence-electron chi connectivity index (χ1n) is 12.2. The molecule has 1 saturated carbocycles. The van der Waals surface area contributed by atoms with Gasteiger partial charge in [0.2, 0.25) is 11.8 Å². The lowest BCUT2D eigenvalue weighted by Crippen LogP contribution is -2.43. The number of rotatable bonds is 10. The number of nitrogens with one attached hydrogen (secondary N) is 3. The van der Waals surface area contributed by atoms with Gasteiger partial charge in [-0.15, -0.1) is 24.0 Å². The van der Waals surface area contributed by atoms with Crippen molar-refractivity contribution in [1.29, 1.82) is 0 Å². The topological polar surface area (TPSA) is 85.8 Å². The Bertz CT molecular complexity index is 752. The van der Waals surface area contributed by atoms with Crippen LogP contribution in [0, 0.1) is 11.8 Å². The molecule has 0 spiro atoms. The molecule has 1 unspecified atom stereocenters. The number of benzene rings is 1. The predicted octanol–water partition coefficient (Wildman–Crippen LogP) is 2.95. The molecule has 33 heavy (non-hydrogen) atoms. The van der Waals surface area contributed by atoms with Crippen molar-refractivity contribution in [3.8, 4) is 0 Å². The number of halogens is 1. The highest BCUT2D eigenvalue weighted by atomic mass is 127. The van der Waals surface area contributed by atoms with E-state index in [0.29, 0.717) is 44.4 Å². The summed E-state index contributed by atoms with van der Waals surface area (Å²) in [5.41, 5.74) is 1.26. The minimum atomic E-state index is 0. The number of guanidine groups is 1. The van der Waals surface area contributed by atoms with Crippen LogP contribution in [-0.4, -0.2) is 62.4 Å². The monoisotopic (exact) mass is 569 g/mol. The van der Waals surface area contributed by atoms with Gasteiger partial charge in [-0.3, -0.25) is 14.6 Å². The van der Waals surface area contributed by atoms with E-state index in [1.54, 1.807) is 7.05 Å². The Kier molecular flexibility index (Phi) is 12.6. The van der Waals surface area contributed by atoms with Crippen LogP contribution in [0.3, 0.4) is 0 Å². The van der Waals surface area contributed by atoms with Crippen LogP contribution in [0.5, 0.6) is 0 Å². The predicted molar refractivity (Wildman–Crippen MR) is 144 cm³/mol. The van der Waals surface area contributed by atoms with Crippen molar-refractivity contribution in [2.45, 2.75) is 51.4 Å². The average molecular weight is 570 g/mol. The smallest absolute Gasteiger partial charge is 0.223 e. The van der Waals surface area contributed by atoms with E-state index in [9.17, 15) is 9.59 Å². The van der Waals surface area contributed by atoms with Crippen molar-refractivity contribution in [3.63, 3.8) is 0 Å². The summed E-state index contributed by atoms with van der Waals surface area (Å²) >= 11 is 0. The number of carbonyl (C=O) groups is 2. The molecule has 1 saturated heterocycles. The van der Waals surface area contributed by atoms with Crippen LogP contribution in [0.15, 0.2) is 35.3 Å². The van der Waals surface area contributed by atoms with E-state index < -0.39 is 0 Å². The lowest BCUT2D eigenvalue weighted by molar-refractivity contribution is -0.127. The van der Waals surface area contributed by atoms with Crippen molar-refractivity contribution >= 4 is 41.8 Å². The summed E-state index contributed by atoms with van der Waals surface area (Å²) < 4.78 is 0. The lowest BCUT2D eigenvalue weighted by atomic mass is 9.87. The minimum absolute atomic E-state index is 0. The van der Waals surface area contributed by atoms with Crippen molar-refractivity contribution in [3.05, 3.63) is 35.9 Å². The van der Waals surface area contributed by atoms with Crippen LogP contribution >= 0.6 is 24.0 Å². The molecule has 184 valence electrons.